The average Bonchev–Trinajstić information content (AvgIpc) is 2.94. The Kier molecular flexibility index (Phi) is 5.07. The van der Waals surface area contributed by atoms with Crippen LogP contribution < -0.4 is 5.73 Å². The van der Waals surface area contributed by atoms with E-state index in [0.717, 1.165) is 24.1 Å². The minimum absolute atomic E-state index is 0. The summed E-state index contributed by atoms with van der Waals surface area (Å²) in [6, 6.07) is 5.04. The molecule has 9 heteroatoms. The lowest BCUT2D eigenvalue weighted by Crippen LogP contribution is -2.30. The molecule has 0 unspecified atom stereocenters. The second-order valence-corrected chi connectivity index (χ2v) is 4.98. The van der Waals surface area contributed by atoms with Crippen LogP contribution in [0.4, 0.5) is 5.69 Å². The molecule has 1 aliphatic rings. The van der Waals surface area contributed by atoms with E-state index in [1.807, 2.05) is 6.07 Å². The molecule has 8 nitrogen and oxygen atoms in total. The third-order valence-corrected chi connectivity index (χ3v) is 3.54. The van der Waals surface area contributed by atoms with Crippen LogP contribution >= 0.6 is 12.4 Å². The summed E-state index contributed by atoms with van der Waals surface area (Å²) in [5.74, 6) is 1.00. The normalized spacial score (nSPS) is 14.2. The zero-order chi connectivity index (χ0) is 14.8. The van der Waals surface area contributed by atoms with Crippen molar-refractivity contribution in [2.24, 2.45) is 5.73 Å². The van der Waals surface area contributed by atoms with Crippen molar-refractivity contribution >= 4 is 18.1 Å². The number of nitro groups is 1. The molecule has 0 fully saturated rings. The summed E-state index contributed by atoms with van der Waals surface area (Å²) in [5, 5.41) is 14.7. The van der Waals surface area contributed by atoms with Crippen molar-refractivity contribution in [2.75, 3.05) is 6.54 Å². The summed E-state index contributed by atoms with van der Waals surface area (Å²) in [4.78, 5) is 16.8. The van der Waals surface area contributed by atoms with Crippen LogP contribution in [0.3, 0.4) is 0 Å². The summed E-state index contributed by atoms with van der Waals surface area (Å²) in [7, 11) is 0. The van der Waals surface area contributed by atoms with Crippen LogP contribution in [0.1, 0.15) is 22.8 Å². The highest BCUT2D eigenvalue weighted by Gasteiger charge is 2.20. The molecule has 2 heterocycles. The van der Waals surface area contributed by atoms with E-state index in [0.29, 0.717) is 24.8 Å². The van der Waals surface area contributed by atoms with E-state index in [4.69, 9.17) is 10.3 Å². The van der Waals surface area contributed by atoms with Gasteiger partial charge in [0.2, 0.25) is 5.89 Å². The lowest BCUT2D eigenvalue weighted by atomic mass is 9.99. The van der Waals surface area contributed by atoms with Gasteiger partial charge in [0.15, 0.2) is 5.82 Å². The molecule has 0 saturated heterocycles. The zero-order valence-electron chi connectivity index (χ0n) is 11.8. The molecular weight excluding hydrogens is 310 g/mol. The Morgan fingerprint density at radius 1 is 1.41 bits per heavy atom. The number of benzene rings is 1. The van der Waals surface area contributed by atoms with Crippen molar-refractivity contribution in [3.63, 3.8) is 0 Å². The summed E-state index contributed by atoms with van der Waals surface area (Å²) in [5.41, 5.74) is 7.70. The van der Waals surface area contributed by atoms with Crippen LogP contribution in [0, 0.1) is 10.1 Å². The van der Waals surface area contributed by atoms with Gasteiger partial charge in [0.25, 0.3) is 5.69 Å². The molecule has 0 radical (unpaired) electrons. The van der Waals surface area contributed by atoms with Gasteiger partial charge in [-0.3, -0.25) is 15.0 Å². The molecule has 0 aliphatic carbocycles. The molecule has 3 rings (SSSR count). The van der Waals surface area contributed by atoms with Gasteiger partial charge in [-0.05, 0) is 17.5 Å². The fraction of sp³-hybridized carbons (Fsp3) is 0.385. The van der Waals surface area contributed by atoms with E-state index < -0.39 is 0 Å². The molecule has 0 amide bonds. The van der Waals surface area contributed by atoms with Gasteiger partial charge in [0.05, 0.1) is 18.0 Å². The number of aromatic nitrogens is 2. The molecule has 1 aromatic carbocycles. The number of non-ortho nitro benzene ring substituents is 1. The van der Waals surface area contributed by atoms with Crippen molar-refractivity contribution in [2.45, 2.75) is 26.1 Å². The van der Waals surface area contributed by atoms with Gasteiger partial charge in [-0.25, -0.2) is 0 Å². The summed E-state index contributed by atoms with van der Waals surface area (Å²) in [6.07, 6.45) is 0.856. The fourth-order valence-corrected chi connectivity index (χ4v) is 2.49. The van der Waals surface area contributed by atoms with E-state index >= 15 is 0 Å². The van der Waals surface area contributed by atoms with Gasteiger partial charge >= 0.3 is 0 Å². The first kappa shape index (κ1) is 16.3. The van der Waals surface area contributed by atoms with Crippen molar-refractivity contribution < 1.29 is 9.45 Å². The van der Waals surface area contributed by atoms with Crippen LogP contribution in [0.2, 0.25) is 0 Å². The monoisotopic (exact) mass is 325 g/mol. The number of nitrogens with zero attached hydrogens (tertiary/aromatic N) is 4. The molecule has 1 aromatic heterocycles. The predicted octanol–water partition coefficient (Wildman–Crippen LogP) is 1.42. The largest absolute Gasteiger partial charge is 0.338 e. The van der Waals surface area contributed by atoms with E-state index in [9.17, 15) is 10.1 Å². The van der Waals surface area contributed by atoms with Gasteiger partial charge in [-0.2, -0.15) is 4.98 Å². The third kappa shape index (κ3) is 3.41. The molecule has 1 aliphatic heterocycles. The molecule has 118 valence electrons. The Hall–Kier alpha value is -2.03. The van der Waals surface area contributed by atoms with E-state index in [2.05, 4.69) is 15.0 Å². The van der Waals surface area contributed by atoms with Gasteiger partial charge < -0.3 is 10.3 Å². The number of hydrogen-bond acceptors (Lipinski definition) is 7. The smallest absolute Gasteiger partial charge is 0.269 e. The van der Waals surface area contributed by atoms with Gasteiger partial charge in [0.1, 0.15) is 0 Å². The number of fused-ring (bicyclic) bond motifs is 1. The Labute approximate surface area is 132 Å². The molecule has 22 heavy (non-hydrogen) atoms. The van der Waals surface area contributed by atoms with E-state index in [1.54, 1.807) is 12.1 Å². The van der Waals surface area contributed by atoms with Crippen LogP contribution in [0.25, 0.3) is 0 Å². The Morgan fingerprint density at radius 2 is 2.23 bits per heavy atom. The van der Waals surface area contributed by atoms with Crippen LogP contribution in [0.5, 0.6) is 0 Å². The average molecular weight is 326 g/mol. The van der Waals surface area contributed by atoms with Gasteiger partial charge in [-0.1, -0.05) is 11.2 Å². The molecule has 0 atom stereocenters. The summed E-state index contributed by atoms with van der Waals surface area (Å²) >= 11 is 0. The lowest BCUT2D eigenvalue weighted by molar-refractivity contribution is -0.385. The van der Waals surface area contributed by atoms with Gasteiger partial charge in [0, 0.05) is 25.2 Å². The van der Waals surface area contributed by atoms with Crippen molar-refractivity contribution in [1.29, 1.82) is 0 Å². The number of rotatable bonds is 4. The van der Waals surface area contributed by atoms with Crippen LogP contribution in [-0.4, -0.2) is 26.5 Å². The van der Waals surface area contributed by atoms with Crippen molar-refractivity contribution in [3.8, 4) is 0 Å². The number of halogens is 1. The number of hydrogen-bond donors (Lipinski definition) is 1. The molecule has 2 aromatic rings. The van der Waals surface area contributed by atoms with E-state index in [1.165, 1.54) is 0 Å². The Morgan fingerprint density at radius 3 is 2.91 bits per heavy atom. The third-order valence-electron chi connectivity index (χ3n) is 3.54. The standard InChI is InChI=1S/C13H15N5O3.ClH/c14-6-13-15-12(16-21-13)8-17-4-3-9-1-2-11(18(19)20)5-10(9)7-17;/h1-2,5H,3-4,6-8,14H2;1H. The van der Waals surface area contributed by atoms with Crippen LogP contribution in [0.15, 0.2) is 22.7 Å². The Balaban J connectivity index is 0.00000176. The quantitative estimate of drug-likeness (QED) is 0.668. The highest BCUT2D eigenvalue weighted by molar-refractivity contribution is 5.85. The maximum Gasteiger partial charge on any atom is 0.269 e. The molecule has 0 spiro atoms. The first-order valence-corrected chi connectivity index (χ1v) is 6.66. The fourth-order valence-electron chi connectivity index (χ4n) is 2.49. The Bertz CT molecular complexity index is 675. The number of nitrogens with two attached hydrogens (primary N) is 1. The maximum absolute atomic E-state index is 10.8. The first-order chi connectivity index (χ1) is 10.2. The molecule has 2 N–H and O–H groups in total. The molecular formula is C13H16ClN5O3. The zero-order valence-corrected chi connectivity index (χ0v) is 12.6. The predicted molar refractivity (Wildman–Crippen MR) is 80.4 cm³/mol. The molecule has 0 saturated carbocycles. The van der Waals surface area contributed by atoms with Gasteiger partial charge in [-0.15, -0.1) is 12.4 Å². The SMILES string of the molecule is Cl.NCc1nc(CN2CCc3ccc([N+](=O)[O-])cc3C2)no1. The van der Waals surface area contributed by atoms with Crippen molar-refractivity contribution in [3.05, 3.63) is 51.2 Å². The summed E-state index contributed by atoms with van der Waals surface area (Å²) < 4.78 is 4.97. The second-order valence-electron chi connectivity index (χ2n) is 4.98. The van der Waals surface area contributed by atoms with Crippen LogP contribution in [-0.2, 0) is 26.1 Å². The number of nitro benzene ring substituents is 1. The highest BCUT2D eigenvalue weighted by atomic mass is 35.5. The van der Waals surface area contributed by atoms with Crippen molar-refractivity contribution in [1.82, 2.24) is 15.0 Å². The topological polar surface area (TPSA) is 111 Å². The first-order valence-electron chi connectivity index (χ1n) is 6.66. The van der Waals surface area contributed by atoms with E-state index in [-0.39, 0.29) is 29.6 Å². The minimum atomic E-state index is -0.369. The minimum Gasteiger partial charge on any atom is -0.338 e. The molecule has 0 bridgehead atoms. The highest BCUT2D eigenvalue weighted by Crippen LogP contribution is 2.24. The maximum atomic E-state index is 10.8. The lowest BCUT2D eigenvalue weighted by Gasteiger charge is -2.27. The second kappa shape index (κ2) is 6.82. The summed E-state index contributed by atoms with van der Waals surface area (Å²) in [6.45, 7) is 2.27.